The molecular weight excluding hydrogens is 328 g/mol. The first-order valence-electron chi connectivity index (χ1n) is 8.09. The van der Waals surface area contributed by atoms with Crippen molar-refractivity contribution in [1.82, 2.24) is 9.62 Å². The molecule has 1 amide bonds. The number of ether oxygens (including phenoxy) is 1. The maximum Gasteiger partial charge on any atom is 0.251 e. The molecule has 2 unspecified atom stereocenters. The number of benzene rings is 1. The van der Waals surface area contributed by atoms with E-state index in [1.165, 1.54) is 18.4 Å². The van der Waals surface area contributed by atoms with Crippen molar-refractivity contribution in [1.29, 1.82) is 0 Å². The van der Waals surface area contributed by atoms with Crippen molar-refractivity contribution in [3.63, 3.8) is 0 Å². The van der Waals surface area contributed by atoms with E-state index in [1.807, 2.05) is 18.2 Å². The molecular formula is C17H26N2O4S. The van der Waals surface area contributed by atoms with Crippen LogP contribution < -0.4 is 5.32 Å². The molecule has 1 aliphatic rings. The lowest BCUT2D eigenvalue weighted by molar-refractivity contribution is 0.0926. The second-order valence-corrected chi connectivity index (χ2v) is 8.95. The molecule has 24 heavy (non-hydrogen) atoms. The minimum Gasteiger partial charge on any atom is -0.379 e. The molecule has 1 aromatic carbocycles. The van der Waals surface area contributed by atoms with Gasteiger partial charge >= 0.3 is 0 Å². The maximum absolute atomic E-state index is 12.5. The van der Waals surface area contributed by atoms with Crippen LogP contribution in [0.3, 0.4) is 0 Å². The summed E-state index contributed by atoms with van der Waals surface area (Å²) in [7, 11) is -0.311. The van der Waals surface area contributed by atoms with E-state index in [-0.39, 0.29) is 23.6 Å². The van der Waals surface area contributed by atoms with Gasteiger partial charge in [-0.15, -0.1) is 0 Å². The minimum atomic E-state index is -3.33. The van der Waals surface area contributed by atoms with Crippen molar-refractivity contribution < 1.29 is 17.9 Å². The lowest BCUT2D eigenvalue weighted by Gasteiger charge is -2.21. The molecule has 0 saturated carbocycles. The lowest BCUT2D eigenvalue weighted by Crippen LogP contribution is -2.43. The van der Waals surface area contributed by atoms with Gasteiger partial charge in [0.1, 0.15) is 0 Å². The van der Waals surface area contributed by atoms with Crippen LogP contribution in [0.25, 0.3) is 0 Å². The van der Waals surface area contributed by atoms with Gasteiger partial charge in [0.05, 0.1) is 25.0 Å². The summed E-state index contributed by atoms with van der Waals surface area (Å²) < 4.78 is 30.7. The van der Waals surface area contributed by atoms with Gasteiger partial charge in [0, 0.05) is 25.6 Å². The molecule has 1 N–H and O–H groups in total. The molecule has 2 rings (SSSR count). The number of hydrogen-bond donors (Lipinski definition) is 1. The molecule has 1 heterocycles. The number of nitrogens with one attached hydrogen (secondary N) is 1. The van der Waals surface area contributed by atoms with Gasteiger partial charge in [-0.05, 0) is 23.6 Å². The first-order valence-corrected chi connectivity index (χ1v) is 9.70. The quantitative estimate of drug-likeness (QED) is 0.839. The fourth-order valence-corrected chi connectivity index (χ4v) is 3.80. The van der Waals surface area contributed by atoms with E-state index in [1.54, 1.807) is 6.07 Å². The van der Waals surface area contributed by atoms with Gasteiger partial charge in [-0.25, -0.2) is 12.7 Å². The Morgan fingerprint density at radius 2 is 2.04 bits per heavy atom. The number of rotatable bonds is 6. The number of amides is 1. The second-order valence-electron chi connectivity index (χ2n) is 6.72. The van der Waals surface area contributed by atoms with Crippen molar-refractivity contribution in [3.8, 4) is 0 Å². The Balaban J connectivity index is 2.06. The third-order valence-electron chi connectivity index (χ3n) is 4.31. The topological polar surface area (TPSA) is 75.7 Å². The normalized spacial score (nSPS) is 21.4. The van der Waals surface area contributed by atoms with Gasteiger partial charge in [0.25, 0.3) is 5.91 Å². The Bertz CT molecular complexity index is 686. The highest BCUT2D eigenvalue weighted by atomic mass is 32.2. The smallest absolute Gasteiger partial charge is 0.251 e. The number of carbonyl (C=O) groups excluding carboxylic acids is 1. The molecule has 1 saturated heterocycles. The van der Waals surface area contributed by atoms with Gasteiger partial charge < -0.3 is 10.1 Å². The third kappa shape index (κ3) is 4.55. The van der Waals surface area contributed by atoms with Crippen LogP contribution in [0.1, 0.15) is 35.7 Å². The van der Waals surface area contributed by atoms with E-state index in [0.717, 1.165) is 5.56 Å². The fourth-order valence-electron chi connectivity index (χ4n) is 2.63. The number of carbonyl (C=O) groups is 1. The predicted octanol–water partition coefficient (Wildman–Crippen LogP) is 1.45. The average molecular weight is 354 g/mol. The SMILES string of the molecule is CC(C)c1cccc(C(=O)NC2COCC2CS(=O)(=O)N(C)C)c1. The minimum absolute atomic E-state index is 0.0308. The highest BCUT2D eigenvalue weighted by Gasteiger charge is 2.34. The monoisotopic (exact) mass is 354 g/mol. The molecule has 1 fully saturated rings. The van der Waals surface area contributed by atoms with Crippen LogP contribution in [0.5, 0.6) is 0 Å². The van der Waals surface area contributed by atoms with Crippen LogP contribution in [0.2, 0.25) is 0 Å². The first-order chi connectivity index (χ1) is 11.2. The second kappa shape index (κ2) is 7.63. The number of hydrogen-bond acceptors (Lipinski definition) is 4. The van der Waals surface area contributed by atoms with Crippen LogP contribution in [0, 0.1) is 5.92 Å². The number of nitrogens with zero attached hydrogens (tertiary/aromatic N) is 1. The van der Waals surface area contributed by atoms with E-state index in [4.69, 9.17) is 4.74 Å². The summed E-state index contributed by atoms with van der Waals surface area (Å²) >= 11 is 0. The first kappa shape index (κ1) is 18.9. The van der Waals surface area contributed by atoms with Gasteiger partial charge in [-0.2, -0.15) is 0 Å². The summed E-state index contributed by atoms with van der Waals surface area (Å²) in [6.07, 6.45) is 0. The average Bonchev–Trinajstić information content (AvgIpc) is 2.93. The largest absolute Gasteiger partial charge is 0.379 e. The fraction of sp³-hybridized carbons (Fsp3) is 0.588. The third-order valence-corrected chi connectivity index (χ3v) is 6.27. The summed E-state index contributed by atoms with van der Waals surface area (Å²) in [5, 5.41) is 2.93. The summed E-state index contributed by atoms with van der Waals surface area (Å²) in [5.41, 5.74) is 1.68. The van der Waals surface area contributed by atoms with E-state index in [2.05, 4.69) is 19.2 Å². The highest BCUT2D eigenvalue weighted by Crippen LogP contribution is 2.19. The summed E-state index contributed by atoms with van der Waals surface area (Å²) in [5.74, 6) is -0.128. The molecule has 7 heteroatoms. The molecule has 0 radical (unpaired) electrons. The van der Waals surface area contributed by atoms with Crippen LogP contribution in [-0.2, 0) is 14.8 Å². The zero-order valence-electron chi connectivity index (χ0n) is 14.7. The Kier molecular flexibility index (Phi) is 6.01. The Morgan fingerprint density at radius 3 is 2.67 bits per heavy atom. The lowest BCUT2D eigenvalue weighted by atomic mass is 10.00. The van der Waals surface area contributed by atoms with Gasteiger partial charge in [0.15, 0.2) is 0 Å². The molecule has 2 atom stereocenters. The standard InChI is InChI=1S/C17H26N2O4S/c1-12(2)13-6-5-7-14(8-13)17(20)18-16-10-23-9-15(16)11-24(21,22)19(3)4/h5-8,12,15-16H,9-11H2,1-4H3,(H,18,20). The Morgan fingerprint density at radius 1 is 1.33 bits per heavy atom. The van der Waals surface area contributed by atoms with Crippen molar-refractivity contribution >= 4 is 15.9 Å². The highest BCUT2D eigenvalue weighted by molar-refractivity contribution is 7.89. The Hall–Kier alpha value is -1.44. The van der Waals surface area contributed by atoms with Gasteiger partial charge in [0.2, 0.25) is 10.0 Å². The summed E-state index contributed by atoms with van der Waals surface area (Å²) in [6, 6.07) is 7.20. The van der Waals surface area contributed by atoms with E-state index in [0.29, 0.717) is 24.7 Å². The zero-order valence-corrected chi connectivity index (χ0v) is 15.5. The van der Waals surface area contributed by atoms with Crippen LogP contribution >= 0.6 is 0 Å². The maximum atomic E-state index is 12.5. The molecule has 0 aromatic heterocycles. The van der Waals surface area contributed by atoms with Gasteiger partial charge in [-0.1, -0.05) is 26.0 Å². The molecule has 6 nitrogen and oxygen atoms in total. The van der Waals surface area contributed by atoms with E-state index in [9.17, 15) is 13.2 Å². The van der Waals surface area contributed by atoms with Crippen molar-refractivity contribution in [2.75, 3.05) is 33.1 Å². The summed E-state index contributed by atoms with van der Waals surface area (Å²) in [6.45, 7) is 4.82. The Labute approximate surface area is 144 Å². The molecule has 0 spiro atoms. The molecule has 1 aromatic rings. The zero-order chi connectivity index (χ0) is 17.9. The van der Waals surface area contributed by atoms with E-state index >= 15 is 0 Å². The van der Waals surface area contributed by atoms with Crippen LogP contribution in [0.4, 0.5) is 0 Å². The number of sulfonamides is 1. The molecule has 1 aliphatic heterocycles. The van der Waals surface area contributed by atoms with Crippen molar-refractivity contribution in [2.45, 2.75) is 25.8 Å². The van der Waals surface area contributed by atoms with Crippen LogP contribution in [-0.4, -0.2) is 57.7 Å². The molecule has 134 valence electrons. The molecule has 0 bridgehead atoms. The van der Waals surface area contributed by atoms with Gasteiger partial charge in [-0.3, -0.25) is 4.79 Å². The van der Waals surface area contributed by atoms with Crippen molar-refractivity contribution in [3.05, 3.63) is 35.4 Å². The summed E-state index contributed by atoms with van der Waals surface area (Å²) in [4.78, 5) is 12.5. The predicted molar refractivity (Wildman–Crippen MR) is 93.6 cm³/mol. The van der Waals surface area contributed by atoms with Crippen LogP contribution in [0.15, 0.2) is 24.3 Å². The van der Waals surface area contributed by atoms with Crippen molar-refractivity contribution in [2.24, 2.45) is 5.92 Å². The molecule has 0 aliphatic carbocycles. The van der Waals surface area contributed by atoms with E-state index < -0.39 is 10.0 Å².